The van der Waals surface area contributed by atoms with Gasteiger partial charge >= 0.3 is 0 Å². The van der Waals surface area contributed by atoms with E-state index in [-0.39, 0.29) is 17.4 Å². The Morgan fingerprint density at radius 3 is 2.38 bits per heavy atom. The van der Waals surface area contributed by atoms with Gasteiger partial charge in [-0.2, -0.15) is 10.2 Å². The number of rotatable bonds is 3. The Morgan fingerprint density at radius 2 is 1.83 bits per heavy atom. The molecule has 0 spiro atoms. The van der Waals surface area contributed by atoms with Crippen LogP contribution in [-0.2, 0) is 9.84 Å². The second-order valence-electron chi connectivity index (χ2n) is 6.49. The molecule has 0 bridgehead atoms. The fourth-order valence-corrected chi connectivity index (χ4v) is 4.89. The van der Waals surface area contributed by atoms with Crippen LogP contribution in [0.4, 0.5) is 0 Å². The number of sulfone groups is 1. The van der Waals surface area contributed by atoms with Crippen LogP contribution in [0.25, 0.3) is 11.3 Å². The van der Waals surface area contributed by atoms with Crippen molar-refractivity contribution in [2.45, 2.75) is 25.8 Å². The first-order chi connectivity index (χ1) is 11.3. The van der Waals surface area contributed by atoms with Crippen molar-refractivity contribution in [3.8, 4) is 11.3 Å². The van der Waals surface area contributed by atoms with E-state index in [0.717, 1.165) is 17.0 Å². The highest BCUT2D eigenvalue weighted by atomic mass is 32.2. The predicted molar refractivity (Wildman–Crippen MR) is 91.3 cm³/mol. The molecular formula is C17H19N3O3S. The maximum atomic E-state index is 12.4. The molecule has 1 aromatic heterocycles. The van der Waals surface area contributed by atoms with Crippen LogP contribution in [0, 0.1) is 6.92 Å². The van der Waals surface area contributed by atoms with Crippen molar-refractivity contribution in [2.24, 2.45) is 0 Å². The standard InChI is InChI=1S/C17H19N3O3S/c1-12-3-8-15(20-19-12)13-4-6-14(7-5-13)16(21)18-17(2)9-10-24(22,23)11-17/h3-8H,9-11H2,1-2H3,(H,18,21)/t17-/m0/s1. The average Bonchev–Trinajstić information content (AvgIpc) is 2.81. The highest BCUT2D eigenvalue weighted by Gasteiger charge is 2.39. The molecule has 0 unspecified atom stereocenters. The second kappa shape index (κ2) is 5.98. The highest BCUT2D eigenvalue weighted by Crippen LogP contribution is 2.24. The van der Waals surface area contributed by atoms with E-state index < -0.39 is 15.4 Å². The van der Waals surface area contributed by atoms with Crippen molar-refractivity contribution in [3.63, 3.8) is 0 Å². The van der Waals surface area contributed by atoms with Crippen molar-refractivity contribution < 1.29 is 13.2 Å². The molecule has 7 heteroatoms. The van der Waals surface area contributed by atoms with Gasteiger partial charge in [-0.3, -0.25) is 4.79 Å². The summed E-state index contributed by atoms with van der Waals surface area (Å²) in [6.07, 6.45) is 0.443. The summed E-state index contributed by atoms with van der Waals surface area (Å²) >= 11 is 0. The molecule has 6 nitrogen and oxygen atoms in total. The Balaban J connectivity index is 1.73. The molecule has 2 aromatic rings. The van der Waals surface area contributed by atoms with Gasteiger partial charge in [-0.25, -0.2) is 8.42 Å². The van der Waals surface area contributed by atoms with E-state index in [0.29, 0.717) is 12.0 Å². The lowest BCUT2D eigenvalue weighted by atomic mass is 10.0. The van der Waals surface area contributed by atoms with Crippen LogP contribution in [0.2, 0.25) is 0 Å². The second-order valence-corrected chi connectivity index (χ2v) is 8.68. The molecule has 1 atom stereocenters. The lowest BCUT2D eigenvalue weighted by molar-refractivity contribution is 0.0915. The molecule has 1 saturated heterocycles. The molecule has 1 aliphatic rings. The molecule has 1 N–H and O–H groups in total. The van der Waals surface area contributed by atoms with Gasteiger partial charge in [0.05, 0.1) is 28.4 Å². The van der Waals surface area contributed by atoms with Crippen LogP contribution in [0.1, 0.15) is 29.4 Å². The first kappa shape index (κ1) is 16.6. The normalized spacial score (nSPS) is 22.2. The van der Waals surface area contributed by atoms with Gasteiger partial charge in [0.25, 0.3) is 5.91 Å². The number of hydrogen-bond acceptors (Lipinski definition) is 5. The van der Waals surface area contributed by atoms with E-state index in [1.165, 1.54) is 0 Å². The summed E-state index contributed by atoms with van der Waals surface area (Å²) in [6, 6.07) is 10.8. The molecule has 2 heterocycles. The first-order valence-corrected chi connectivity index (χ1v) is 9.52. The van der Waals surface area contributed by atoms with Crippen molar-refractivity contribution in [2.75, 3.05) is 11.5 Å². The summed E-state index contributed by atoms with van der Waals surface area (Å²) in [6.45, 7) is 3.64. The van der Waals surface area contributed by atoms with Crippen LogP contribution in [-0.4, -0.2) is 41.6 Å². The zero-order valence-corrected chi connectivity index (χ0v) is 14.4. The molecule has 1 aromatic carbocycles. The number of benzene rings is 1. The lowest BCUT2D eigenvalue weighted by Gasteiger charge is -2.23. The minimum Gasteiger partial charge on any atom is -0.346 e. The third kappa shape index (κ3) is 3.62. The van der Waals surface area contributed by atoms with Crippen LogP contribution in [0.15, 0.2) is 36.4 Å². The van der Waals surface area contributed by atoms with E-state index in [1.807, 2.05) is 31.2 Å². The summed E-state index contributed by atoms with van der Waals surface area (Å²) in [5.74, 6) is -0.159. The molecule has 24 heavy (non-hydrogen) atoms. The highest BCUT2D eigenvalue weighted by molar-refractivity contribution is 7.91. The van der Waals surface area contributed by atoms with Crippen molar-refractivity contribution in [1.29, 1.82) is 0 Å². The topological polar surface area (TPSA) is 89.0 Å². The molecule has 1 fully saturated rings. The number of aryl methyl sites for hydroxylation is 1. The van der Waals surface area contributed by atoms with Gasteiger partial charge in [-0.15, -0.1) is 0 Å². The van der Waals surface area contributed by atoms with Crippen LogP contribution < -0.4 is 5.32 Å². The monoisotopic (exact) mass is 345 g/mol. The minimum atomic E-state index is -3.06. The number of carbonyl (C=O) groups is 1. The third-order valence-corrected chi connectivity index (χ3v) is 6.06. The Hall–Kier alpha value is -2.28. The third-order valence-electron chi connectivity index (χ3n) is 4.16. The number of aromatic nitrogens is 2. The zero-order valence-electron chi connectivity index (χ0n) is 13.6. The number of nitrogens with zero attached hydrogens (tertiary/aromatic N) is 2. The quantitative estimate of drug-likeness (QED) is 0.915. The van der Waals surface area contributed by atoms with E-state index in [9.17, 15) is 13.2 Å². The fourth-order valence-electron chi connectivity index (χ4n) is 2.80. The summed E-state index contributed by atoms with van der Waals surface area (Å²) in [5.41, 5.74) is 2.24. The summed E-state index contributed by atoms with van der Waals surface area (Å²) in [7, 11) is -3.06. The Bertz CT molecular complexity index is 861. The zero-order chi connectivity index (χ0) is 17.4. The van der Waals surface area contributed by atoms with E-state index in [2.05, 4.69) is 15.5 Å². The Labute approximate surface area is 141 Å². The van der Waals surface area contributed by atoms with E-state index in [4.69, 9.17) is 0 Å². The molecule has 126 valence electrons. The summed E-state index contributed by atoms with van der Waals surface area (Å²) in [4.78, 5) is 12.4. The maximum Gasteiger partial charge on any atom is 0.251 e. The van der Waals surface area contributed by atoms with Crippen LogP contribution in [0.3, 0.4) is 0 Å². The smallest absolute Gasteiger partial charge is 0.251 e. The van der Waals surface area contributed by atoms with Gasteiger partial charge < -0.3 is 5.32 Å². The van der Waals surface area contributed by atoms with Crippen LogP contribution in [0.5, 0.6) is 0 Å². The van der Waals surface area contributed by atoms with Crippen LogP contribution >= 0.6 is 0 Å². The minimum absolute atomic E-state index is 0.0111. The van der Waals surface area contributed by atoms with Gasteiger partial charge in [0.1, 0.15) is 0 Å². The molecule has 0 radical (unpaired) electrons. The molecular weight excluding hydrogens is 326 g/mol. The maximum absolute atomic E-state index is 12.4. The molecule has 3 rings (SSSR count). The Kier molecular flexibility index (Phi) is 4.13. The summed E-state index contributed by atoms with van der Waals surface area (Å²) < 4.78 is 23.3. The molecule has 1 amide bonds. The first-order valence-electron chi connectivity index (χ1n) is 7.70. The lowest BCUT2D eigenvalue weighted by Crippen LogP contribution is -2.46. The van der Waals surface area contributed by atoms with Gasteiger partial charge in [0.2, 0.25) is 0 Å². The predicted octanol–water partition coefficient (Wildman–Crippen LogP) is 1.76. The van der Waals surface area contributed by atoms with Gasteiger partial charge in [-0.1, -0.05) is 12.1 Å². The number of hydrogen-bond donors (Lipinski definition) is 1. The van der Waals surface area contributed by atoms with Crippen molar-refractivity contribution in [3.05, 3.63) is 47.7 Å². The van der Waals surface area contributed by atoms with E-state index >= 15 is 0 Å². The van der Waals surface area contributed by atoms with Gasteiger partial charge in [-0.05, 0) is 44.5 Å². The molecule has 0 saturated carbocycles. The number of carbonyl (C=O) groups excluding carboxylic acids is 1. The van der Waals surface area contributed by atoms with Gasteiger partial charge in [0.15, 0.2) is 9.84 Å². The fraction of sp³-hybridized carbons (Fsp3) is 0.353. The molecule has 1 aliphatic heterocycles. The van der Waals surface area contributed by atoms with Crippen molar-refractivity contribution >= 4 is 15.7 Å². The largest absolute Gasteiger partial charge is 0.346 e. The average molecular weight is 345 g/mol. The van der Waals surface area contributed by atoms with Gasteiger partial charge in [0, 0.05) is 11.1 Å². The SMILES string of the molecule is Cc1ccc(-c2ccc(C(=O)N[C@@]3(C)CCS(=O)(=O)C3)cc2)nn1. The Morgan fingerprint density at radius 1 is 1.12 bits per heavy atom. The number of nitrogens with one attached hydrogen (secondary N) is 1. The number of amides is 1. The summed E-state index contributed by atoms with van der Waals surface area (Å²) in [5, 5.41) is 11.0. The molecule has 0 aliphatic carbocycles. The van der Waals surface area contributed by atoms with Crippen molar-refractivity contribution in [1.82, 2.24) is 15.5 Å². The van der Waals surface area contributed by atoms with E-state index in [1.54, 1.807) is 19.1 Å².